The Labute approximate surface area is 83.7 Å². The molecule has 5 heteroatoms. The van der Waals surface area contributed by atoms with Crippen LogP contribution < -0.4 is 5.73 Å². The van der Waals surface area contributed by atoms with E-state index in [2.05, 4.69) is 36.2 Å². The second-order valence-electron chi connectivity index (χ2n) is 5.06. The molecule has 0 unspecified atom stereocenters. The number of tetrazole rings is 1. The van der Waals surface area contributed by atoms with Crippen molar-refractivity contribution in [1.29, 1.82) is 0 Å². The number of hydrogen-bond donors (Lipinski definition) is 1. The van der Waals surface area contributed by atoms with Crippen LogP contribution in [-0.2, 0) is 11.0 Å². The van der Waals surface area contributed by atoms with Crippen LogP contribution in [0.3, 0.4) is 0 Å². The van der Waals surface area contributed by atoms with Crippen LogP contribution in [0, 0.1) is 0 Å². The Morgan fingerprint density at radius 3 is 2.43 bits per heavy atom. The summed E-state index contributed by atoms with van der Waals surface area (Å²) < 4.78 is 0. The van der Waals surface area contributed by atoms with Gasteiger partial charge in [-0.15, -0.1) is 10.2 Å². The van der Waals surface area contributed by atoms with Crippen LogP contribution in [0.15, 0.2) is 0 Å². The molecule has 1 heterocycles. The highest BCUT2D eigenvalue weighted by Crippen LogP contribution is 2.45. The highest BCUT2D eigenvalue weighted by molar-refractivity contribution is 5.16. The highest BCUT2D eigenvalue weighted by Gasteiger charge is 2.47. The van der Waals surface area contributed by atoms with E-state index in [1.807, 2.05) is 0 Å². The van der Waals surface area contributed by atoms with E-state index in [-0.39, 0.29) is 11.0 Å². The van der Waals surface area contributed by atoms with Crippen molar-refractivity contribution in [3.8, 4) is 0 Å². The zero-order chi connectivity index (χ0) is 10.4. The van der Waals surface area contributed by atoms with Crippen LogP contribution in [0.5, 0.6) is 0 Å². The van der Waals surface area contributed by atoms with Crippen molar-refractivity contribution in [1.82, 2.24) is 20.2 Å². The van der Waals surface area contributed by atoms with Gasteiger partial charge in [0.1, 0.15) is 0 Å². The summed E-state index contributed by atoms with van der Waals surface area (Å²) in [7, 11) is 0. The van der Waals surface area contributed by atoms with Crippen LogP contribution >= 0.6 is 0 Å². The molecule has 1 aromatic heterocycles. The zero-order valence-electron chi connectivity index (χ0n) is 8.99. The molecule has 2 rings (SSSR count). The Balaban J connectivity index is 2.27. The second kappa shape index (κ2) is 2.76. The highest BCUT2D eigenvalue weighted by atomic mass is 15.6. The van der Waals surface area contributed by atoms with Gasteiger partial charge in [-0.2, -0.15) is 4.80 Å². The van der Waals surface area contributed by atoms with Crippen LogP contribution in [0.1, 0.15) is 39.4 Å². The molecule has 0 aromatic carbocycles. The van der Waals surface area contributed by atoms with Gasteiger partial charge in [-0.3, -0.25) is 0 Å². The van der Waals surface area contributed by atoms with E-state index in [1.165, 1.54) is 0 Å². The van der Waals surface area contributed by atoms with Crippen molar-refractivity contribution >= 4 is 0 Å². The summed E-state index contributed by atoms with van der Waals surface area (Å²) in [6, 6.07) is 0. The predicted molar refractivity (Wildman–Crippen MR) is 52.8 cm³/mol. The van der Waals surface area contributed by atoms with Gasteiger partial charge < -0.3 is 5.73 Å². The summed E-state index contributed by atoms with van der Waals surface area (Å²) in [5.74, 6) is 0.815. The maximum Gasteiger partial charge on any atom is 0.182 e. The molecule has 14 heavy (non-hydrogen) atoms. The Hall–Kier alpha value is -0.970. The minimum atomic E-state index is -0.101. The van der Waals surface area contributed by atoms with E-state index in [0.29, 0.717) is 6.54 Å². The van der Waals surface area contributed by atoms with Crippen molar-refractivity contribution in [2.75, 3.05) is 6.54 Å². The molecule has 78 valence electrons. The van der Waals surface area contributed by atoms with Crippen molar-refractivity contribution in [2.24, 2.45) is 5.73 Å². The lowest BCUT2D eigenvalue weighted by Gasteiger charge is -2.15. The fourth-order valence-electron chi connectivity index (χ4n) is 1.38. The molecule has 1 aliphatic rings. The van der Waals surface area contributed by atoms with Crippen molar-refractivity contribution in [3.63, 3.8) is 0 Å². The van der Waals surface area contributed by atoms with Crippen LogP contribution in [0.2, 0.25) is 0 Å². The van der Waals surface area contributed by atoms with Gasteiger partial charge in [0.05, 0.1) is 5.54 Å². The van der Waals surface area contributed by atoms with E-state index >= 15 is 0 Å². The maximum absolute atomic E-state index is 5.70. The molecular formula is C9H17N5. The van der Waals surface area contributed by atoms with Gasteiger partial charge in [-0.1, -0.05) is 0 Å². The summed E-state index contributed by atoms with van der Waals surface area (Å²) in [6.45, 7) is 6.80. The maximum atomic E-state index is 5.70. The number of rotatable bonds is 2. The normalized spacial score (nSPS) is 19.7. The van der Waals surface area contributed by atoms with Gasteiger partial charge in [-0.25, -0.2) is 0 Å². The lowest BCUT2D eigenvalue weighted by molar-refractivity contribution is 0.304. The molecule has 5 nitrogen and oxygen atoms in total. The first-order valence-electron chi connectivity index (χ1n) is 4.99. The van der Waals surface area contributed by atoms with Gasteiger partial charge in [-0.05, 0) is 38.8 Å². The molecule has 0 aliphatic heterocycles. The Morgan fingerprint density at radius 2 is 2.07 bits per heavy atom. The molecule has 2 N–H and O–H groups in total. The van der Waals surface area contributed by atoms with Gasteiger partial charge in [0.15, 0.2) is 5.82 Å². The standard InChI is InChI=1S/C9H17N5/c1-8(2,3)14-12-7(11-13-14)9(6-10)4-5-9/h4-6,10H2,1-3H3. The SMILES string of the molecule is CC(C)(C)n1nnc(C2(CN)CC2)n1. The Kier molecular flexibility index (Phi) is 1.89. The fourth-order valence-corrected chi connectivity index (χ4v) is 1.38. The summed E-state index contributed by atoms with van der Waals surface area (Å²) in [4.78, 5) is 1.66. The molecule has 0 bridgehead atoms. The number of nitrogens with zero attached hydrogens (tertiary/aromatic N) is 4. The Bertz CT molecular complexity index is 331. The first kappa shape index (κ1) is 9.58. The second-order valence-corrected chi connectivity index (χ2v) is 5.06. The first-order valence-corrected chi connectivity index (χ1v) is 4.99. The third-order valence-corrected chi connectivity index (χ3v) is 2.73. The van der Waals surface area contributed by atoms with Crippen LogP contribution in [0.25, 0.3) is 0 Å². The summed E-state index contributed by atoms with van der Waals surface area (Å²) >= 11 is 0. The monoisotopic (exact) mass is 195 g/mol. The molecule has 0 amide bonds. The largest absolute Gasteiger partial charge is 0.329 e. The van der Waals surface area contributed by atoms with E-state index in [4.69, 9.17) is 5.73 Å². The average molecular weight is 195 g/mol. The third-order valence-electron chi connectivity index (χ3n) is 2.73. The van der Waals surface area contributed by atoms with Crippen molar-refractivity contribution in [3.05, 3.63) is 5.82 Å². The molecule has 1 aromatic rings. The van der Waals surface area contributed by atoms with Gasteiger partial charge in [0.25, 0.3) is 0 Å². The Morgan fingerprint density at radius 1 is 1.43 bits per heavy atom. The fraction of sp³-hybridized carbons (Fsp3) is 0.889. The number of hydrogen-bond acceptors (Lipinski definition) is 4. The van der Waals surface area contributed by atoms with Crippen molar-refractivity contribution < 1.29 is 0 Å². The van der Waals surface area contributed by atoms with Gasteiger partial charge in [0, 0.05) is 12.0 Å². The average Bonchev–Trinajstić information content (AvgIpc) is 2.73. The predicted octanol–water partition coefficient (Wildman–Crippen LogP) is 0.418. The van der Waals surface area contributed by atoms with E-state index in [9.17, 15) is 0 Å². The van der Waals surface area contributed by atoms with Gasteiger partial charge >= 0.3 is 0 Å². The third kappa shape index (κ3) is 1.41. The van der Waals surface area contributed by atoms with Gasteiger partial charge in [0.2, 0.25) is 0 Å². The number of nitrogens with two attached hydrogens (primary N) is 1. The molecule has 0 saturated heterocycles. The van der Waals surface area contributed by atoms with E-state index in [1.54, 1.807) is 4.80 Å². The zero-order valence-corrected chi connectivity index (χ0v) is 8.99. The molecule has 1 fully saturated rings. The molecule has 1 saturated carbocycles. The minimum Gasteiger partial charge on any atom is -0.329 e. The summed E-state index contributed by atoms with van der Waals surface area (Å²) in [5, 5.41) is 12.6. The topological polar surface area (TPSA) is 69.6 Å². The summed E-state index contributed by atoms with van der Waals surface area (Å²) in [6.07, 6.45) is 2.19. The summed E-state index contributed by atoms with van der Waals surface area (Å²) in [5.41, 5.74) is 5.65. The van der Waals surface area contributed by atoms with Crippen LogP contribution in [0.4, 0.5) is 0 Å². The molecule has 0 radical (unpaired) electrons. The van der Waals surface area contributed by atoms with E-state index in [0.717, 1.165) is 18.7 Å². The lowest BCUT2D eigenvalue weighted by atomic mass is 10.1. The quantitative estimate of drug-likeness (QED) is 0.742. The minimum absolute atomic E-state index is 0.0451. The van der Waals surface area contributed by atoms with E-state index < -0.39 is 0 Å². The smallest absolute Gasteiger partial charge is 0.182 e. The molecule has 1 aliphatic carbocycles. The molecular weight excluding hydrogens is 178 g/mol. The molecule has 0 spiro atoms. The first-order chi connectivity index (χ1) is 6.48. The van der Waals surface area contributed by atoms with Crippen LogP contribution in [-0.4, -0.2) is 26.8 Å². The van der Waals surface area contributed by atoms with Crippen molar-refractivity contribution in [2.45, 2.75) is 44.6 Å². The number of aromatic nitrogens is 4. The molecule has 0 atom stereocenters. The lowest BCUT2D eigenvalue weighted by Crippen LogP contribution is -2.26.